The summed E-state index contributed by atoms with van der Waals surface area (Å²) in [6, 6.07) is 15.6. The first kappa shape index (κ1) is 15.5. The molecule has 0 unspecified atom stereocenters. The molecular weight excluding hydrogens is 304 g/mol. The van der Waals surface area contributed by atoms with Crippen LogP contribution in [-0.2, 0) is 4.79 Å². The number of nitrogens with zero attached hydrogens (tertiary/aromatic N) is 1. The molecule has 0 spiro atoms. The molecule has 1 aromatic heterocycles. The predicted octanol–water partition coefficient (Wildman–Crippen LogP) is 3.68. The zero-order chi connectivity index (χ0) is 17.1. The lowest BCUT2D eigenvalue weighted by atomic mass is 10.0. The predicted molar refractivity (Wildman–Crippen MR) is 91.6 cm³/mol. The molecule has 0 radical (unpaired) electrons. The fourth-order valence-electron chi connectivity index (χ4n) is 2.43. The quantitative estimate of drug-likeness (QED) is 0.798. The molecule has 0 bridgehead atoms. The standard InChI is InChI=1S/C19H14N2O3/c1-2-17(22)21-13-7-5-6-12(10-13)19-15(11-20)18(23)14-8-3-4-9-16(14)24-19/h3-10H,2H2,1H3,(H,21,22). The number of amides is 1. The molecule has 0 aliphatic rings. The van der Waals surface area contributed by atoms with E-state index in [9.17, 15) is 14.9 Å². The van der Waals surface area contributed by atoms with E-state index in [4.69, 9.17) is 4.42 Å². The molecule has 1 amide bonds. The van der Waals surface area contributed by atoms with Crippen LogP contribution in [0.4, 0.5) is 5.69 Å². The number of hydrogen-bond acceptors (Lipinski definition) is 4. The maximum absolute atomic E-state index is 12.5. The molecule has 0 fully saturated rings. The van der Waals surface area contributed by atoms with E-state index in [2.05, 4.69) is 5.32 Å². The van der Waals surface area contributed by atoms with Gasteiger partial charge in [0.1, 0.15) is 17.2 Å². The summed E-state index contributed by atoms with van der Waals surface area (Å²) in [4.78, 5) is 24.1. The monoisotopic (exact) mass is 318 g/mol. The molecule has 3 aromatic rings. The van der Waals surface area contributed by atoms with Crippen LogP contribution in [0.1, 0.15) is 18.9 Å². The normalized spacial score (nSPS) is 10.3. The third kappa shape index (κ3) is 2.77. The Morgan fingerprint density at radius 1 is 1.21 bits per heavy atom. The Kier molecular flexibility index (Phi) is 4.13. The van der Waals surface area contributed by atoms with E-state index in [1.54, 1.807) is 55.5 Å². The molecule has 5 nitrogen and oxygen atoms in total. The van der Waals surface area contributed by atoms with Crippen LogP contribution in [0.25, 0.3) is 22.3 Å². The summed E-state index contributed by atoms with van der Waals surface area (Å²) in [5.74, 6) is 0.0846. The number of anilines is 1. The maximum Gasteiger partial charge on any atom is 0.224 e. The van der Waals surface area contributed by atoms with Gasteiger partial charge in [-0.15, -0.1) is 0 Å². The molecule has 5 heteroatoms. The average molecular weight is 318 g/mol. The summed E-state index contributed by atoms with van der Waals surface area (Å²) in [5.41, 5.74) is 1.15. The van der Waals surface area contributed by atoms with Crippen molar-refractivity contribution >= 4 is 22.6 Å². The smallest absolute Gasteiger partial charge is 0.224 e. The number of carbonyl (C=O) groups is 1. The summed E-state index contributed by atoms with van der Waals surface area (Å²) < 4.78 is 5.80. The van der Waals surface area contributed by atoms with Gasteiger partial charge in [-0.1, -0.05) is 31.2 Å². The van der Waals surface area contributed by atoms with Gasteiger partial charge in [-0.3, -0.25) is 9.59 Å². The fraction of sp³-hybridized carbons (Fsp3) is 0.105. The molecule has 1 heterocycles. The van der Waals surface area contributed by atoms with Gasteiger partial charge in [-0.2, -0.15) is 5.26 Å². The van der Waals surface area contributed by atoms with Crippen molar-refractivity contribution in [3.05, 3.63) is 64.3 Å². The number of hydrogen-bond donors (Lipinski definition) is 1. The highest BCUT2D eigenvalue weighted by Gasteiger charge is 2.16. The molecule has 0 atom stereocenters. The summed E-state index contributed by atoms with van der Waals surface area (Å²) in [6.45, 7) is 1.76. The number of benzene rings is 2. The first-order chi connectivity index (χ1) is 11.6. The van der Waals surface area contributed by atoms with Crippen LogP contribution in [0, 0.1) is 11.3 Å². The SMILES string of the molecule is CCC(=O)Nc1cccc(-c2oc3ccccc3c(=O)c2C#N)c1. The van der Waals surface area contributed by atoms with Crippen LogP contribution in [0.15, 0.2) is 57.7 Å². The van der Waals surface area contributed by atoms with E-state index < -0.39 is 0 Å². The third-order valence-electron chi connectivity index (χ3n) is 3.64. The maximum atomic E-state index is 12.5. The second-order valence-corrected chi connectivity index (χ2v) is 5.23. The van der Waals surface area contributed by atoms with Crippen molar-refractivity contribution < 1.29 is 9.21 Å². The Bertz CT molecular complexity index is 1030. The van der Waals surface area contributed by atoms with Gasteiger partial charge in [-0.25, -0.2) is 0 Å². The Morgan fingerprint density at radius 3 is 2.75 bits per heavy atom. The molecule has 0 saturated heterocycles. The van der Waals surface area contributed by atoms with Gasteiger partial charge in [-0.05, 0) is 24.3 Å². The highest BCUT2D eigenvalue weighted by atomic mass is 16.3. The van der Waals surface area contributed by atoms with Gasteiger partial charge in [0.25, 0.3) is 0 Å². The van der Waals surface area contributed by atoms with Crippen molar-refractivity contribution in [1.29, 1.82) is 5.26 Å². The Morgan fingerprint density at radius 2 is 2.00 bits per heavy atom. The first-order valence-electron chi connectivity index (χ1n) is 7.50. The van der Waals surface area contributed by atoms with Gasteiger partial charge in [0.05, 0.1) is 5.39 Å². The lowest BCUT2D eigenvalue weighted by molar-refractivity contribution is -0.115. The molecule has 0 saturated carbocycles. The Balaban J connectivity index is 2.19. The molecule has 1 N–H and O–H groups in total. The average Bonchev–Trinajstić information content (AvgIpc) is 2.61. The largest absolute Gasteiger partial charge is 0.454 e. The molecule has 0 aliphatic heterocycles. The van der Waals surface area contributed by atoms with Crippen molar-refractivity contribution in [1.82, 2.24) is 0 Å². The van der Waals surface area contributed by atoms with E-state index in [-0.39, 0.29) is 22.7 Å². The molecular formula is C19H14N2O3. The van der Waals surface area contributed by atoms with Crippen LogP contribution < -0.4 is 10.7 Å². The zero-order valence-electron chi connectivity index (χ0n) is 13.0. The van der Waals surface area contributed by atoms with Crippen molar-refractivity contribution in [3.63, 3.8) is 0 Å². The van der Waals surface area contributed by atoms with Crippen molar-refractivity contribution in [3.8, 4) is 17.4 Å². The first-order valence-corrected chi connectivity index (χ1v) is 7.50. The van der Waals surface area contributed by atoms with Crippen LogP contribution in [0.5, 0.6) is 0 Å². The number of nitrogens with one attached hydrogen (secondary N) is 1. The topological polar surface area (TPSA) is 83.1 Å². The molecule has 118 valence electrons. The van der Waals surface area contributed by atoms with Crippen LogP contribution in [0.3, 0.4) is 0 Å². The van der Waals surface area contributed by atoms with E-state index >= 15 is 0 Å². The molecule has 0 aliphatic carbocycles. The number of rotatable bonds is 3. The minimum Gasteiger partial charge on any atom is -0.454 e. The molecule has 3 rings (SSSR count). The third-order valence-corrected chi connectivity index (χ3v) is 3.64. The summed E-state index contributed by atoms with van der Waals surface area (Å²) in [7, 11) is 0. The second kappa shape index (κ2) is 6.39. The van der Waals surface area contributed by atoms with Gasteiger partial charge in [0.2, 0.25) is 11.3 Å². The van der Waals surface area contributed by atoms with Gasteiger partial charge in [0.15, 0.2) is 5.76 Å². The Hall–Kier alpha value is -3.39. The summed E-state index contributed by atoms with van der Waals surface area (Å²) in [6.07, 6.45) is 0.360. The highest BCUT2D eigenvalue weighted by Crippen LogP contribution is 2.27. The Labute approximate surface area is 138 Å². The lowest BCUT2D eigenvalue weighted by Crippen LogP contribution is -2.10. The summed E-state index contributed by atoms with van der Waals surface area (Å²) >= 11 is 0. The number of nitriles is 1. The van der Waals surface area contributed by atoms with E-state index in [0.29, 0.717) is 28.6 Å². The van der Waals surface area contributed by atoms with Gasteiger partial charge < -0.3 is 9.73 Å². The van der Waals surface area contributed by atoms with Gasteiger partial charge in [0, 0.05) is 17.7 Å². The van der Waals surface area contributed by atoms with E-state index in [0.717, 1.165) is 0 Å². The minimum atomic E-state index is -0.364. The number of carbonyl (C=O) groups excluding carboxylic acids is 1. The van der Waals surface area contributed by atoms with Crippen molar-refractivity contribution in [2.24, 2.45) is 0 Å². The van der Waals surface area contributed by atoms with Crippen molar-refractivity contribution in [2.45, 2.75) is 13.3 Å². The molecule has 2 aromatic carbocycles. The lowest BCUT2D eigenvalue weighted by Gasteiger charge is -2.08. The summed E-state index contributed by atoms with van der Waals surface area (Å²) in [5, 5.41) is 12.5. The van der Waals surface area contributed by atoms with Gasteiger partial charge >= 0.3 is 0 Å². The van der Waals surface area contributed by atoms with E-state index in [1.165, 1.54) is 0 Å². The second-order valence-electron chi connectivity index (χ2n) is 5.23. The fourth-order valence-corrected chi connectivity index (χ4v) is 2.43. The van der Waals surface area contributed by atoms with E-state index in [1.807, 2.05) is 6.07 Å². The zero-order valence-corrected chi connectivity index (χ0v) is 13.0. The van der Waals surface area contributed by atoms with Crippen molar-refractivity contribution in [2.75, 3.05) is 5.32 Å². The van der Waals surface area contributed by atoms with Crippen LogP contribution >= 0.6 is 0 Å². The molecule has 24 heavy (non-hydrogen) atoms. The number of fused-ring (bicyclic) bond motifs is 1. The minimum absolute atomic E-state index is 0.0485. The van der Waals surface area contributed by atoms with Crippen LogP contribution in [0.2, 0.25) is 0 Å². The van der Waals surface area contributed by atoms with Crippen LogP contribution in [-0.4, -0.2) is 5.91 Å². The highest BCUT2D eigenvalue weighted by molar-refractivity contribution is 5.91. The number of para-hydroxylation sites is 1.